The summed E-state index contributed by atoms with van der Waals surface area (Å²) in [7, 11) is 0. The van der Waals surface area contributed by atoms with Gasteiger partial charge in [0.2, 0.25) is 5.91 Å². The van der Waals surface area contributed by atoms with Crippen molar-refractivity contribution in [3.8, 4) is 0 Å². The van der Waals surface area contributed by atoms with Crippen molar-refractivity contribution in [3.63, 3.8) is 0 Å². The zero-order chi connectivity index (χ0) is 11.5. The van der Waals surface area contributed by atoms with Gasteiger partial charge in [0.05, 0.1) is 6.54 Å². The second kappa shape index (κ2) is 4.59. The maximum atomic E-state index is 11.3. The summed E-state index contributed by atoms with van der Waals surface area (Å²) in [5, 5.41) is 4.85. The van der Waals surface area contributed by atoms with Gasteiger partial charge < -0.3 is 5.32 Å². The summed E-state index contributed by atoms with van der Waals surface area (Å²) >= 11 is 5.09. The number of thiocarbonyl (C=S) groups is 1. The first-order chi connectivity index (χ1) is 7.66. The molecular formula is C11H13N3OS. The van der Waals surface area contributed by atoms with Gasteiger partial charge in [-0.3, -0.25) is 9.80 Å². The lowest BCUT2D eigenvalue weighted by Gasteiger charge is -2.33. The Kier molecular flexibility index (Phi) is 3.17. The van der Waals surface area contributed by atoms with Crippen LogP contribution in [0.25, 0.3) is 0 Å². The van der Waals surface area contributed by atoms with Crippen LogP contribution < -0.4 is 10.7 Å². The molecule has 1 unspecified atom stereocenters. The minimum atomic E-state index is -0.254. The molecule has 1 aliphatic heterocycles. The molecule has 0 saturated carbocycles. The lowest BCUT2D eigenvalue weighted by atomic mass is 10.2. The number of carbonyl (C=O) groups is 1. The van der Waals surface area contributed by atoms with Crippen LogP contribution in [0.2, 0.25) is 0 Å². The van der Waals surface area contributed by atoms with Gasteiger partial charge in [0.25, 0.3) is 0 Å². The van der Waals surface area contributed by atoms with E-state index in [1.807, 2.05) is 30.3 Å². The quantitative estimate of drug-likeness (QED) is 0.744. The maximum absolute atomic E-state index is 11.3. The third-order valence-electron chi connectivity index (χ3n) is 2.40. The smallest absolute Gasteiger partial charge is 0.244 e. The Balaban J connectivity index is 2.05. The Hall–Kier alpha value is -1.46. The van der Waals surface area contributed by atoms with Crippen LogP contribution in [0.4, 0.5) is 0 Å². The highest BCUT2D eigenvalue weighted by atomic mass is 32.1. The molecule has 4 nitrogen and oxygen atoms in total. The molecule has 1 aromatic rings. The van der Waals surface area contributed by atoms with Gasteiger partial charge in [-0.1, -0.05) is 30.3 Å². The summed E-state index contributed by atoms with van der Waals surface area (Å²) in [6, 6.07) is 9.71. The molecule has 84 valence electrons. The number of nitrogens with one attached hydrogen (secondary N) is 2. The van der Waals surface area contributed by atoms with E-state index < -0.39 is 0 Å². The third-order valence-corrected chi connectivity index (χ3v) is 2.72. The van der Waals surface area contributed by atoms with E-state index in [4.69, 9.17) is 12.2 Å². The summed E-state index contributed by atoms with van der Waals surface area (Å²) in [4.78, 5) is 11.3. The van der Waals surface area contributed by atoms with Gasteiger partial charge in [-0.15, -0.1) is 0 Å². The molecule has 0 aliphatic carbocycles. The van der Waals surface area contributed by atoms with E-state index in [9.17, 15) is 4.79 Å². The number of hydrazine groups is 1. The summed E-state index contributed by atoms with van der Waals surface area (Å²) in [6.45, 7) is 2.44. The van der Waals surface area contributed by atoms with Gasteiger partial charge in [-0.2, -0.15) is 0 Å². The Morgan fingerprint density at radius 1 is 1.38 bits per heavy atom. The minimum Gasteiger partial charge on any atom is -0.301 e. The third kappa shape index (κ3) is 2.37. The molecule has 0 aromatic heterocycles. The molecule has 1 aromatic carbocycles. The fourth-order valence-electron chi connectivity index (χ4n) is 1.52. The van der Waals surface area contributed by atoms with Crippen LogP contribution in [0.5, 0.6) is 0 Å². The van der Waals surface area contributed by atoms with Crippen molar-refractivity contribution < 1.29 is 4.79 Å². The maximum Gasteiger partial charge on any atom is 0.244 e. The van der Waals surface area contributed by atoms with Crippen molar-refractivity contribution in [1.82, 2.24) is 15.8 Å². The molecule has 1 fully saturated rings. The number of amides is 1. The van der Waals surface area contributed by atoms with Crippen molar-refractivity contribution in [3.05, 3.63) is 35.9 Å². The lowest BCUT2D eigenvalue weighted by molar-refractivity contribution is -0.123. The molecular weight excluding hydrogens is 222 g/mol. The van der Waals surface area contributed by atoms with Gasteiger partial charge in [0, 0.05) is 0 Å². The zero-order valence-electron chi connectivity index (χ0n) is 8.93. The van der Waals surface area contributed by atoms with Gasteiger partial charge >= 0.3 is 0 Å². The van der Waals surface area contributed by atoms with Crippen LogP contribution in [0, 0.1) is 0 Å². The lowest BCUT2D eigenvalue weighted by Crippen LogP contribution is -2.62. The van der Waals surface area contributed by atoms with Crippen molar-refractivity contribution in [1.29, 1.82) is 0 Å². The fraction of sp³-hybridized carbons (Fsp3) is 0.273. The number of carbonyl (C=O) groups excluding carboxylic acids is 1. The van der Waals surface area contributed by atoms with Crippen molar-refractivity contribution in [2.75, 3.05) is 0 Å². The molecule has 1 aliphatic rings. The Morgan fingerprint density at radius 3 is 2.75 bits per heavy atom. The average Bonchev–Trinajstić information content (AvgIpc) is 2.27. The van der Waals surface area contributed by atoms with E-state index in [1.54, 1.807) is 11.9 Å². The van der Waals surface area contributed by atoms with Gasteiger partial charge in [0.15, 0.2) is 5.11 Å². The van der Waals surface area contributed by atoms with Crippen LogP contribution in [0.15, 0.2) is 30.3 Å². The molecule has 0 spiro atoms. The molecule has 1 saturated heterocycles. The molecule has 2 rings (SSSR count). The molecule has 1 amide bonds. The second-order valence-electron chi connectivity index (χ2n) is 3.72. The highest BCUT2D eigenvalue weighted by Gasteiger charge is 2.25. The normalized spacial score (nSPS) is 20.8. The SMILES string of the molecule is CC1NN(Cc2ccccc2)C(=S)NC1=O. The van der Waals surface area contributed by atoms with Crippen LogP contribution in [-0.2, 0) is 11.3 Å². The van der Waals surface area contributed by atoms with Crippen LogP contribution in [0.1, 0.15) is 12.5 Å². The first-order valence-electron chi connectivity index (χ1n) is 5.09. The van der Waals surface area contributed by atoms with E-state index in [0.717, 1.165) is 5.56 Å². The van der Waals surface area contributed by atoms with E-state index >= 15 is 0 Å². The Morgan fingerprint density at radius 2 is 2.06 bits per heavy atom. The highest BCUT2D eigenvalue weighted by molar-refractivity contribution is 7.80. The van der Waals surface area contributed by atoms with Crippen LogP contribution in [0.3, 0.4) is 0 Å². The zero-order valence-corrected chi connectivity index (χ0v) is 9.75. The summed E-state index contributed by atoms with van der Waals surface area (Å²) in [5.74, 6) is -0.0886. The van der Waals surface area contributed by atoms with Gasteiger partial charge in [-0.05, 0) is 24.7 Å². The number of nitrogens with zero attached hydrogens (tertiary/aromatic N) is 1. The fourth-order valence-corrected chi connectivity index (χ4v) is 1.73. The van der Waals surface area contributed by atoms with Crippen molar-refractivity contribution in [2.24, 2.45) is 0 Å². The monoisotopic (exact) mass is 235 g/mol. The summed E-state index contributed by atoms with van der Waals surface area (Å²) in [6.07, 6.45) is 0. The number of hydrogen-bond donors (Lipinski definition) is 2. The first-order valence-corrected chi connectivity index (χ1v) is 5.50. The van der Waals surface area contributed by atoms with Gasteiger partial charge in [0.1, 0.15) is 6.04 Å². The van der Waals surface area contributed by atoms with E-state index in [-0.39, 0.29) is 11.9 Å². The van der Waals surface area contributed by atoms with Gasteiger partial charge in [-0.25, -0.2) is 5.43 Å². The predicted molar refractivity (Wildman–Crippen MR) is 65.3 cm³/mol. The second-order valence-corrected chi connectivity index (χ2v) is 4.10. The van der Waals surface area contributed by atoms with Crippen molar-refractivity contribution in [2.45, 2.75) is 19.5 Å². The molecule has 1 atom stereocenters. The van der Waals surface area contributed by atoms with E-state index in [0.29, 0.717) is 11.7 Å². The number of benzene rings is 1. The number of hydrogen-bond acceptors (Lipinski definition) is 3. The minimum absolute atomic E-state index is 0.0886. The van der Waals surface area contributed by atoms with E-state index in [2.05, 4.69) is 10.7 Å². The van der Waals surface area contributed by atoms with Crippen LogP contribution in [-0.4, -0.2) is 22.1 Å². The molecule has 16 heavy (non-hydrogen) atoms. The van der Waals surface area contributed by atoms with Crippen LogP contribution >= 0.6 is 12.2 Å². The standard InChI is InChI=1S/C11H13N3OS/c1-8-10(15)12-11(16)14(13-8)7-9-5-3-2-4-6-9/h2-6,8,13H,7H2,1H3,(H,12,15,16). The Labute approximate surface area is 99.6 Å². The predicted octanol–water partition coefficient (Wildman–Crippen LogP) is 0.796. The highest BCUT2D eigenvalue weighted by Crippen LogP contribution is 2.06. The van der Waals surface area contributed by atoms with E-state index in [1.165, 1.54) is 0 Å². The molecule has 0 radical (unpaired) electrons. The largest absolute Gasteiger partial charge is 0.301 e. The number of rotatable bonds is 2. The Bertz CT molecular complexity index is 407. The van der Waals surface area contributed by atoms with Crippen molar-refractivity contribution >= 4 is 23.2 Å². The molecule has 5 heteroatoms. The summed E-state index contributed by atoms with van der Waals surface area (Å²) in [5.41, 5.74) is 4.18. The first kappa shape index (κ1) is 11.0. The molecule has 2 N–H and O–H groups in total. The molecule has 1 heterocycles. The molecule has 0 bridgehead atoms. The summed E-state index contributed by atoms with van der Waals surface area (Å²) < 4.78 is 0. The average molecular weight is 235 g/mol. The topological polar surface area (TPSA) is 44.4 Å².